The highest BCUT2D eigenvalue weighted by Gasteiger charge is 2.31. The van der Waals surface area contributed by atoms with Crippen LogP contribution in [0.15, 0.2) is 36.4 Å². The molecule has 1 fully saturated rings. The number of nitrogens with zero attached hydrogens (tertiary/aromatic N) is 1. The van der Waals surface area contributed by atoms with Crippen molar-refractivity contribution in [3.05, 3.63) is 42.0 Å². The largest absolute Gasteiger partial charge is 0.497 e. The third-order valence-electron chi connectivity index (χ3n) is 4.60. The molecule has 3 heteroatoms. The van der Waals surface area contributed by atoms with E-state index in [2.05, 4.69) is 29.2 Å². The van der Waals surface area contributed by atoms with Crippen molar-refractivity contribution in [2.75, 3.05) is 13.7 Å². The van der Waals surface area contributed by atoms with Crippen molar-refractivity contribution < 1.29 is 9.53 Å². The van der Waals surface area contributed by atoms with Gasteiger partial charge in [-0.05, 0) is 49.3 Å². The van der Waals surface area contributed by atoms with Gasteiger partial charge in [0.25, 0.3) is 0 Å². The molecule has 3 nitrogen and oxygen atoms in total. The molecular formula is C18H23NO2. The van der Waals surface area contributed by atoms with E-state index in [4.69, 9.17) is 4.74 Å². The zero-order valence-corrected chi connectivity index (χ0v) is 12.6. The Kier molecular flexibility index (Phi) is 4.28. The molecule has 0 N–H and O–H groups in total. The summed E-state index contributed by atoms with van der Waals surface area (Å²) in [5.41, 5.74) is 1.20. The zero-order valence-electron chi connectivity index (χ0n) is 12.6. The van der Waals surface area contributed by atoms with E-state index in [0.717, 1.165) is 38.0 Å². The summed E-state index contributed by atoms with van der Waals surface area (Å²) in [5.74, 6) is 1.62. The summed E-state index contributed by atoms with van der Waals surface area (Å²) in [6, 6.07) is 8.35. The highest BCUT2D eigenvalue weighted by Crippen LogP contribution is 2.35. The number of allylic oxidation sites excluding steroid dienone is 2. The molecule has 3 rings (SSSR count). The lowest BCUT2D eigenvalue weighted by Gasteiger charge is -2.26. The SMILES string of the molecule is COc1cccc([C@H]2CCCN2C(=O)C[C@H]2C=CCC2)c1. The van der Waals surface area contributed by atoms with E-state index in [-0.39, 0.29) is 6.04 Å². The summed E-state index contributed by atoms with van der Waals surface area (Å²) < 4.78 is 5.31. The number of ether oxygens (including phenoxy) is 1. The summed E-state index contributed by atoms with van der Waals surface area (Å²) in [7, 11) is 1.68. The van der Waals surface area contributed by atoms with E-state index < -0.39 is 0 Å². The number of rotatable bonds is 4. The average molecular weight is 285 g/mol. The van der Waals surface area contributed by atoms with Crippen LogP contribution in [0.5, 0.6) is 5.75 Å². The molecule has 0 radical (unpaired) electrons. The molecule has 0 bridgehead atoms. The van der Waals surface area contributed by atoms with Crippen LogP contribution in [0.4, 0.5) is 0 Å². The van der Waals surface area contributed by atoms with Crippen molar-refractivity contribution in [2.45, 2.75) is 38.1 Å². The van der Waals surface area contributed by atoms with Crippen LogP contribution in [-0.4, -0.2) is 24.5 Å². The monoisotopic (exact) mass is 285 g/mol. The molecule has 0 aromatic heterocycles. The van der Waals surface area contributed by atoms with Crippen LogP contribution in [0.2, 0.25) is 0 Å². The first kappa shape index (κ1) is 14.2. The van der Waals surface area contributed by atoms with Crippen LogP contribution in [0, 0.1) is 5.92 Å². The van der Waals surface area contributed by atoms with Gasteiger partial charge in [0.1, 0.15) is 5.75 Å². The van der Waals surface area contributed by atoms with Gasteiger partial charge in [-0.2, -0.15) is 0 Å². The Hall–Kier alpha value is -1.77. The standard InChI is InChI=1S/C18H23NO2/c1-21-16-9-4-8-15(13-16)17-10-5-11-19(17)18(20)12-14-6-2-3-7-14/h2,4,6,8-9,13-14,17H,3,5,7,10-12H2,1H3/t14-,17+/m0/s1. The molecular weight excluding hydrogens is 262 g/mol. The smallest absolute Gasteiger partial charge is 0.223 e. The molecule has 1 aromatic rings. The summed E-state index contributed by atoms with van der Waals surface area (Å²) in [6.07, 6.45) is 9.46. The molecule has 0 saturated carbocycles. The lowest BCUT2D eigenvalue weighted by atomic mass is 10.0. The minimum atomic E-state index is 0.220. The molecule has 112 valence electrons. The Labute approximate surface area is 126 Å². The highest BCUT2D eigenvalue weighted by molar-refractivity contribution is 5.77. The first-order chi connectivity index (χ1) is 10.3. The van der Waals surface area contributed by atoms with E-state index in [0.29, 0.717) is 18.2 Å². The van der Waals surface area contributed by atoms with Gasteiger partial charge in [-0.15, -0.1) is 0 Å². The van der Waals surface area contributed by atoms with E-state index in [1.54, 1.807) is 7.11 Å². The lowest BCUT2D eigenvalue weighted by molar-refractivity contribution is -0.132. The van der Waals surface area contributed by atoms with Crippen molar-refractivity contribution >= 4 is 5.91 Å². The number of amides is 1. The van der Waals surface area contributed by atoms with Crippen molar-refractivity contribution in [1.29, 1.82) is 0 Å². The van der Waals surface area contributed by atoms with Crippen LogP contribution in [0.25, 0.3) is 0 Å². The Morgan fingerprint density at radius 3 is 3.05 bits per heavy atom. The molecule has 1 aliphatic heterocycles. The first-order valence-electron chi connectivity index (χ1n) is 7.88. The Morgan fingerprint density at radius 2 is 2.29 bits per heavy atom. The predicted octanol–water partition coefficient (Wildman–Crippen LogP) is 3.72. The average Bonchev–Trinajstić information content (AvgIpc) is 3.18. The van der Waals surface area contributed by atoms with E-state index in [9.17, 15) is 4.79 Å². The molecule has 0 spiro atoms. The van der Waals surface area contributed by atoms with Crippen LogP contribution < -0.4 is 4.74 Å². The zero-order chi connectivity index (χ0) is 14.7. The molecule has 1 aromatic carbocycles. The molecule has 0 unspecified atom stereocenters. The number of likely N-dealkylation sites (tertiary alicyclic amines) is 1. The fourth-order valence-electron chi connectivity index (χ4n) is 3.47. The van der Waals surface area contributed by atoms with Crippen LogP contribution in [0.3, 0.4) is 0 Å². The van der Waals surface area contributed by atoms with E-state index in [1.165, 1.54) is 5.56 Å². The minimum Gasteiger partial charge on any atom is -0.497 e. The van der Waals surface area contributed by atoms with Gasteiger partial charge in [-0.3, -0.25) is 4.79 Å². The molecule has 2 aliphatic rings. The topological polar surface area (TPSA) is 29.5 Å². The number of benzene rings is 1. The highest BCUT2D eigenvalue weighted by atomic mass is 16.5. The Balaban J connectivity index is 1.72. The van der Waals surface area contributed by atoms with Gasteiger partial charge < -0.3 is 9.64 Å². The quantitative estimate of drug-likeness (QED) is 0.789. The number of carbonyl (C=O) groups excluding carboxylic acids is 1. The number of hydrogen-bond donors (Lipinski definition) is 0. The molecule has 2 atom stereocenters. The second kappa shape index (κ2) is 6.33. The third kappa shape index (κ3) is 3.12. The van der Waals surface area contributed by atoms with Crippen molar-refractivity contribution in [2.24, 2.45) is 5.92 Å². The molecule has 1 heterocycles. The molecule has 1 aliphatic carbocycles. The van der Waals surface area contributed by atoms with Gasteiger partial charge in [0.15, 0.2) is 0 Å². The van der Waals surface area contributed by atoms with Gasteiger partial charge in [0.2, 0.25) is 5.91 Å². The van der Waals surface area contributed by atoms with Gasteiger partial charge in [0, 0.05) is 13.0 Å². The summed E-state index contributed by atoms with van der Waals surface area (Å²) in [4.78, 5) is 14.7. The Morgan fingerprint density at radius 1 is 1.38 bits per heavy atom. The number of hydrogen-bond acceptors (Lipinski definition) is 2. The minimum absolute atomic E-state index is 0.220. The fourth-order valence-corrected chi connectivity index (χ4v) is 3.47. The maximum atomic E-state index is 12.6. The number of carbonyl (C=O) groups is 1. The second-order valence-corrected chi connectivity index (χ2v) is 5.99. The third-order valence-corrected chi connectivity index (χ3v) is 4.60. The van der Waals surface area contributed by atoms with Crippen LogP contribution >= 0.6 is 0 Å². The number of methoxy groups -OCH3 is 1. The van der Waals surface area contributed by atoms with Gasteiger partial charge >= 0.3 is 0 Å². The normalized spacial score (nSPS) is 24.5. The summed E-state index contributed by atoms with van der Waals surface area (Å²) in [5, 5.41) is 0. The van der Waals surface area contributed by atoms with Crippen molar-refractivity contribution in [3.63, 3.8) is 0 Å². The van der Waals surface area contributed by atoms with Gasteiger partial charge in [-0.1, -0.05) is 24.3 Å². The van der Waals surface area contributed by atoms with E-state index >= 15 is 0 Å². The maximum absolute atomic E-state index is 12.6. The maximum Gasteiger partial charge on any atom is 0.223 e. The molecule has 1 amide bonds. The van der Waals surface area contributed by atoms with Crippen molar-refractivity contribution in [1.82, 2.24) is 4.90 Å². The van der Waals surface area contributed by atoms with Crippen LogP contribution in [0.1, 0.15) is 43.7 Å². The predicted molar refractivity (Wildman–Crippen MR) is 83.2 cm³/mol. The fraction of sp³-hybridized carbons (Fsp3) is 0.500. The molecule has 21 heavy (non-hydrogen) atoms. The molecule has 1 saturated heterocycles. The van der Waals surface area contributed by atoms with Crippen molar-refractivity contribution in [3.8, 4) is 5.75 Å². The second-order valence-electron chi connectivity index (χ2n) is 5.99. The summed E-state index contributed by atoms with van der Waals surface area (Å²) in [6.45, 7) is 0.886. The Bertz CT molecular complexity index is 538. The van der Waals surface area contributed by atoms with Gasteiger partial charge in [-0.25, -0.2) is 0 Å². The summed E-state index contributed by atoms with van der Waals surface area (Å²) >= 11 is 0. The lowest BCUT2D eigenvalue weighted by Crippen LogP contribution is -2.31. The van der Waals surface area contributed by atoms with Gasteiger partial charge in [0.05, 0.1) is 13.2 Å². The van der Waals surface area contributed by atoms with Crippen LogP contribution in [-0.2, 0) is 4.79 Å². The first-order valence-corrected chi connectivity index (χ1v) is 7.88. The van der Waals surface area contributed by atoms with E-state index in [1.807, 2.05) is 12.1 Å².